The van der Waals surface area contributed by atoms with Crippen molar-refractivity contribution in [1.82, 2.24) is 0 Å². The molecule has 3 heteroatoms. The van der Waals surface area contributed by atoms with Crippen LogP contribution in [0.2, 0.25) is 0 Å². The molecule has 3 rings (SSSR count). The van der Waals surface area contributed by atoms with Crippen molar-refractivity contribution in [2.45, 2.75) is 0 Å². The molecule has 0 aliphatic carbocycles. The summed E-state index contributed by atoms with van der Waals surface area (Å²) in [6.07, 6.45) is 0. The van der Waals surface area contributed by atoms with Gasteiger partial charge in [-0.15, -0.1) is 11.3 Å². The number of rotatable bonds is 2. The van der Waals surface area contributed by atoms with Crippen molar-refractivity contribution in [3.05, 3.63) is 36.4 Å². The van der Waals surface area contributed by atoms with Gasteiger partial charge in [-0.1, -0.05) is 24.3 Å². The molecular formula is C14H12O2S. The van der Waals surface area contributed by atoms with Crippen molar-refractivity contribution in [2.24, 2.45) is 0 Å². The Balaban J connectivity index is 2.49. The van der Waals surface area contributed by atoms with Gasteiger partial charge in [0.25, 0.3) is 0 Å². The Kier molecular flexibility index (Phi) is 2.41. The fourth-order valence-corrected chi connectivity index (χ4v) is 3.37. The SMILES string of the molecule is COc1cccc2c1sc1c(OC)cccc12. The van der Waals surface area contributed by atoms with Crippen molar-refractivity contribution < 1.29 is 9.47 Å². The van der Waals surface area contributed by atoms with Crippen LogP contribution in [-0.4, -0.2) is 14.2 Å². The zero-order valence-electron chi connectivity index (χ0n) is 9.69. The first-order chi connectivity index (χ1) is 8.35. The lowest BCUT2D eigenvalue weighted by Gasteiger charge is -1.99. The van der Waals surface area contributed by atoms with Gasteiger partial charge in [0.2, 0.25) is 0 Å². The molecule has 0 amide bonds. The third-order valence-corrected chi connectivity index (χ3v) is 4.14. The number of fused-ring (bicyclic) bond motifs is 3. The molecule has 86 valence electrons. The molecule has 2 aromatic carbocycles. The molecule has 0 aliphatic rings. The van der Waals surface area contributed by atoms with Gasteiger partial charge in [0.15, 0.2) is 0 Å². The quantitative estimate of drug-likeness (QED) is 0.676. The van der Waals surface area contributed by atoms with E-state index in [4.69, 9.17) is 9.47 Å². The zero-order chi connectivity index (χ0) is 11.8. The highest BCUT2D eigenvalue weighted by molar-refractivity contribution is 7.26. The van der Waals surface area contributed by atoms with Gasteiger partial charge in [-0.05, 0) is 12.1 Å². The molecule has 2 nitrogen and oxygen atoms in total. The van der Waals surface area contributed by atoms with Crippen LogP contribution in [0.3, 0.4) is 0 Å². The number of hydrogen-bond acceptors (Lipinski definition) is 3. The van der Waals surface area contributed by atoms with Gasteiger partial charge in [0.05, 0.1) is 23.6 Å². The van der Waals surface area contributed by atoms with Gasteiger partial charge in [0.1, 0.15) is 11.5 Å². The van der Waals surface area contributed by atoms with E-state index in [0.29, 0.717) is 0 Å². The third kappa shape index (κ3) is 1.46. The zero-order valence-corrected chi connectivity index (χ0v) is 10.5. The van der Waals surface area contributed by atoms with E-state index in [0.717, 1.165) is 11.5 Å². The Morgan fingerprint density at radius 2 is 1.24 bits per heavy atom. The lowest BCUT2D eigenvalue weighted by Crippen LogP contribution is -1.81. The number of thiophene rings is 1. The highest BCUT2D eigenvalue weighted by Gasteiger charge is 2.11. The minimum Gasteiger partial charge on any atom is -0.495 e. The normalized spacial score (nSPS) is 10.9. The van der Waals surface area contributed by atoms with Crippen molar-refractivity contribution in [2.75, 3.05) is 14.2 Å². The molecule has 0 bridgehead atoms. The van der Waals surface area contributed by atoms with Crippen LogP contribution < -0.4 is 9.47 Å². The van der Waals surface area contributed by atoms with Crippen molar-refractivity contribution >= 4 is 31.5 Å². The van der Waals surface area contributed by atoms with Gasteiger partial charge in [-0.2, -0.15) is 0 Å². The summed E-state index contributed by atoms with van der Waals surface area (Å²) in [4.78, 5) is 0. The summed E-state index contributed by atoms with van der Waals surface area (Å²) in [5.41, 5.74) is 0. The highest BCUT2D eigenvalue weighted by Crippen LogP contribution is 2.42. The standard InChI is InChI=1S/C14H12O2S/c1-15-11-7-3-5-9-10-6-4-8-12(16-2)14(10)17-13(9)11/h3-8H,1-2H3. The largest absolute Gasteiger partial charge is 0.495 e. The fraction of sp³-hybridized carbons (Fsp3) is 0.143. The van der Waals surface area contributed by atoms with E-state index >= 15 is 0 Å². The van der Waals surface area contributed by atoms with Crippen LogP contribution in [0.4, 0.5) is 0 Å². The number of methoxy groups -OCH3 is 2. The fourth-order valence-electron chi connectivity index (χ4n) is 2.09. The smallest absolute Gasteiger partial charge is 0.136 e. The number of ether oxygens (including phenoxy) is 2. The van der Waals surface area contributed by atoms with E-state index in [9.17, 15) is 0 Å². The second kappa shape index (κ2) is 3.93. The Morgan fingerprint density at radius 1 is 0.765 bits per heavy atom. The molecule has 3 aromatic rings. The molecule has 0 atom stereocenters. The van der Waals surface area contributed by atoms with E-state index in [1.165, 1.54) is 20.2 Å². The molecule has 17 heavy (non-hydrogen) atoms. The average molecular weight is 244 g/mol. The first-order valence-corrected chi connectivity index (χ1v) is 6.19. The van der Waals surface area contributed by atoms with Crippen LogP contribution >= 0.6 is 11.3 Å². The van der Waals surface area contributed by atoms with E-state index < -0.39 is 0 Å². The van der Waals surface area contributed by atoms with Gasteiger partial charge < -0.3 is 9.47 Å². The van der Waals surface area contributed by atoms with Gasteiger partial charge in [-0.3, -0.25) is 0 Å². The van der Waals surface area contributed by atoms with Crippen LogP contribution in [0.15, 0.2) is 36.4 Å². The van der Waals surface area contributed by atoms with E-state index in [2.05, 4.69) is 12.1 Å². The molecular weight excluding hydrogens is 232 g/mol. The van der Waals surface area contributed by atoms with Crippen LogP contribution in [0.25, 0.3) is 20.2 Å². The number of benzene rings is 2. The highest BCUT2D eigenvalue weighted by atomic mass is 32.1. The molecule has 0 fully saturated rings. The molecule has 1 heterocycles. The molecule has 0 radical (unpaired) electrons. The Hall–Kier alpha value is -1.74. The topological polar surface area (TPSA) is 18.5 Å². The van der Waals surface area contributed by atoms with Gasteiger partial charge >= 0.3 is 0 Å². The summed E-state index contributed by atoms with van der Waals surface area (Å²) in [7, 11) is 3.41. The molecule has 0 spiro atoms. The van der Waals surface area contributed by atoms with Gasteiger partial charge in [0, 0.05) is 10.8 Å². The maximum atomic E-state index is 5.40. The second-order valence-electron chi connectivity index (χ2n) is 3.78. The average Bonchev–Trinajstić information content (AvgIpc) is 2.77. The third-order valence-electron chi connectivity index (χ3n) is 2.89. The molecule has 0 unspecified atom stereocenters. The maximum absolute atomic E-state index is 5.40. The molecule has 0 saturated carbocycles. The first kappa shape index (κ1) is 10.4. The molecule has 1 aromatic heterocycles. The minimum absolute atomic E-state index is 0.922. The summed E-state index contributed by atoms with van der Waals surface area (Å²) < 4.78 is 13.2. The van der Waals surface area contributed by atoms with Crippen molar-refractivity contribution in [1.29, 1.82) is 0 Å². The van der Waals surface area contributed by atoms with E-state index in [1.807, 2.05) is 24.3 Å². The summed E-state index contributed by atoms with van der Waals surface area (Å²) in [5.74, 6) is 1.84. The van der Waals surface area contributed by atoms with Crippen molar-refractivity contribution in [3.8, 4) is 11.5 Å². The second-order valence-corrected chi connectivity index (χ2v) is 4.80. The predicted octanol–water partition coefficient (Wildman–Crippen LogP) is 4.07. The molecule has 0 N–H and O–H groups in total. The summed E-state index contributed by atoms with van der Waals surface area (Å²) in [6, 6.07) is 12.3. The molecule has 0 saturated heterocycles. The van der Waals surface area contributed by atoms with Gasteiger partial charge in [-0.25, -0.2) is 0 Å². The first-order valence-electron chi connectivity index (χ1n) is 5.37. The van der Waals surface area contributed by atoms with E-state index in [-0.39, 0.29) is 0 Å². The van der Waals surface area contributed by atoms with Crippen LogP contribution in [0, 0.1) is 0 Å². The van der Waals surface area contributed by atoms with Crippen molar-refractivity contribution in [3.63, 3.8) is 0 Å². The summed E-state index contributed by atoms with van der Waals surface area (Å²) in [5, 5.41) is 2.45. The Bertz CT molecular complexity index is 627. The number of hydrogen-bond donors (Lipinski definition) is 0. The summed E-state index contributed by atoms with van der Waals surface area (Å²) in [6.45, 7) is 0. The Labute approximate surface area is 103 Å². The monoisotopic (exact) mass is 244 g/mol. The molecule has 0 aliphatic heterocycles. The van der Waals surface area contributed by atoms with Crippen LogP contribution in [0.1, 0.15) is 0 Å². The van der Waals surface area contributed by atoms with Crippen LogP contribution in [0.5, 0.6) is 11.5 Å². The summed E-state index contributed by atoms with van der Waals surface area (Å²) >= 11 is 1.71. The lowest BCUT2D eigenvalue weighted by molar-refractivity contribution is 0.420. The lowest BCUT2D eigenvalue weighted by atomic mass is 10.1. The minimum atomic E-state index is 0.922. The maximum Gasteiger partial charge on any atom is 0.136 e. The Morgan fingerprint density at radius 3 is 1.65 bits per heavy atom. The van der Waals surface area contributed by atoms with E-state index in [1.54, 1.807) is 25.6 Å². The van der Waals surface area contributed by atoms with Crippen LogP contribution in [-0.2, 0) is 0 Å². The predicted molar refractivity (Wildman–Crippen MR) is 72.4 cm³/mol.